The Balaban J connectivity index is 1.41. The molecule has 2 fully saturated rings. The number of hydrogen-bond donors (Lipinski definition) is 2. The molecule has 2 atom stereocenters. The van der Waals surface area contributed by atoms with Crippen LogP contribution < -0.4 is 20.1 Å². The van der Waals surface area contributed by atoms with Crippen LogP contribution in [0.25, 0.3) is 0 Å². The molecule has 0 bridgehead atoms. The fourth-order valence-corrected chi connectivity index (χ4v) is 6.60. The van der Waals surface area contributed by atoms with Gasteiger partial charge >= 0.3 is 11.9 Å². The van der Waals surface area contributed by atoms with Crippen molar-refractivity contribution in [3.63, 3.8) is 0 Å². The number of para-hydroxylation sites is 2. The first-order valence-corrected chi connectivity index (χ1v) is 18.2. The minimum Gasteiger partial charge on any atom is -0.489 e. The van der Waals surface area contributed by atoms with Crippen molar-refractivity contribution in [2.24, 2.45) is 0 Å². The van der Waals surface area contributed by atoms with E-state index in [-0.39, 0.29) is 24.3 Å². The minimum absolute atomic E-state index is 0.113. The van der Waals surface area contributed by atoms with Crippen LogP contribution in [0, 0.1) is 0 Å². The fourth-order valence-electron chi connectivity index (χ4n) is 6.60. The normalized spacial score (nSPS) is 17.7. The zero-order valence-electron chi connectivity index (χ0n) is 30.3. The molecule has 48 heavy (non-hydrogen) atoms. The highest BCUT2D eigenvalue weighted by Gasteiger charge is 2.29. The predicted octanol–water partition coefficient (Wildman–Crippen LogP) is 7.84. The van der Waals surface area contributed by atoms with E-state index in [1.807, 2.05) is 65.8 Å². The highest BCUT2D eigenvalue weighted by atomic mass is 16.6. The summed E-state index contributed by atoms with van der Waals surface area (Å²) in [4.78, 5) is 26.5. The third-order valence-electron chi connectivity index (χ3n) is 9.21. The van der Waals surface area contributed by atoms with E-state index < -0.39 is 24.1 Å². The smallest absolute Gasteiger partial charge is 0.417 e. The number of benzene rings is 2. The van der Waals surface area contributed by atoms with Crippen LogP contribution in [-0.2, 0) is 19.1 Å². The molecule has 0 radical (unpaired) electrons. The number of rotatable bonds is 14. The van der Waals surface area contributed by atoms with Crippen LogP contribution >= 0.6 is 0 Å². The quantitative estimate of drug-likeness (QED) is 0.156. The van der Waals surface area contributed by atoms with Gasteiger partial charge in [0.2, 0.25) is 0 Å². The van der Waals surface area contributed by atoms with Crippen LogP contribution in [0.3, 0.4) is 0 Å². The molecule has 2 aliphatic rings. The van der Waals surface area contributed by atoms with Crippen LogP contribution in [-0.4, -0.2) is 61.5 Å². The van der Waals surface area contributed by atoms with E-state index in [0.717, 1.165) is 37.2 Å². The second-order valence-electron chi connectivity index (χ2n) is 15.7. The van der Waals surface area contributed by atoms with Gasteiger partial charge in [-0.25, -0.2) is 9.59 Å². The summed E-state index contributed by atoms with van der Waals surface area (Å²) in [6.07, 6.45) is 10.6. The van der Waals surface area contributed by atoms with Gasteiger partial charge in [0, 0.05) is 24.2 Å². The number of ether oxygens (including phenoxy) is 4. The molecule has 0 heterocycles. The van der Waals surface area contributed by atoms with Gasteiger partial charge in [0.05, 0.1) is 0 Å². The molecule has 8 heteroatoms. The number of carbonyl (C=O) groups is 2. The minimum atomic E-state index is -1.04. The summed E-state index contributed by atoms with van der Waals surface area (Å²) >= 11 is 0. The van der Waals surface area contributed by atoms with Gasteiger partial charge in [0.1, 0.15) is 36.9 Å². The molecule has 4 rings (SSSR count). The number of nitrogens with one attached hydrogen (secondary N) is 2. The predicted molar refractivity (Wildman–Crippen MR) is 191 cm³/mol. The van der Waals surface area contributed by atoms with Crippen molar-refractivity contribution in [1.29, 1.82) is 0 Å². The van der Waals surface area contributed by atoms with Crippen LogP contribution in [0.2, 0.25) is 0 Å². The van der Waals surface area contributed by atoms with E-state index in [2.05, 4.69) is 34.9 Å². The largest absolute Gasteiger partial charge is 0.489 e. The summed E-state index contributed by atoms with van der Waals surface area (Å²) in [6.45, 7) is 13.1. The molecule has 0 aliphatic heterocycles. The zero-order chi connectivity index (χ0) is 34.6. The molecule has 0 spiro atoms. The van der Waals surface area contributed by atoms with Gasteiger partial charge in [-0.1, -0.05) is 74.9 Å². The Hall–Kier alpha value is -3.10. The lowest BCUT2D eigenvalue weighted by Crippen LogP contribution is -2.46. The van der Waals surface area contributed by atoms with Crippen molar-refractivity contribution < 1.29 is 28.5 Å². The topological polar surface area (TPSA) is 95.1 Å². The van der Waals surface area contributed by atoms with Gasteiger partial charge in [-0.3, -0.25) is 0 Å². The summed E-state index contributed by atoms with van der Waals surface area (Å²) in [5.74, 6) is 0.472. The molecule has 0 aromatic heterocycles. The lowest BCUT2D eigenvalue weighted by atomic mass is 9.84. The summed E-state index contributed by atoms with van der Waals surface area (Å²) in [6, 6.07) is 16.3. The zero-order valence-corrected chi connectivity index (χ0v) is 30.3. The van der Waals surface area contributed by atoms with Gasteiger partial charge in [-0.05, 0) is 102 Å². The van der Waals surface area contributed by atoms with Crippen LogP contribution in [0.15, 0.2) is 48.5 Å². The first-order chi connectivity index (χ1) is 22.9. The Morgan fingerprint density at radius 3 is 1.31 bits per heavy atom. The summed E-state index contributed by atoms with van der Waals surface area (Å²) in [5.41, 5.74) is 1.95. The van der Waals surface area contributed by atoms with E-state index in [4.69, 9.17) is 18.9 Å². The second-order valence-corrected chi connectivity index (χ2v) is 15.7. The summed E-state index contributed by atoms with van der Waals surface area (Å²) < 4.78 is 24.1. The second kappa shape index (κ2) is 18.1. The average Bonchev–Trinajstić information content (AvgIpc) is 3.07. The molecule has 2 aliphatic carbocycles. The Morgan fingerprint density at radius 1 is 0.604 bits per heavy atom. The maximum Gasteiger partial charge on any atom is 0.417 e. The third kappa shape index (κ3) is 12.7. The van der Waals surface area contributed by atoms with E-state index in [0.29, 0.717) is 24.9 Å². The highest BCUT2D eigenvalue weighted by molar-refractivity contribution is 6.29. The molecule has 2 aromatic carbocycles. The van der Waals surface area contributed by atoms with Gasteiger partial charge < -0.3 is 29.6 Å². The SMILES string of the molecule is CC(C)(C)NCC(COc1ccccc1C1CCCCC1)OC(=O)C(=O)OC(CNC(C)(C)C)COc1ccccc1C1CCCCC1. The summed E-state index contributed by atoms with van der Waals surface area (Å²) in [7, 11) is 0. The molecule has 8 nitrogen and oxygen atoms in total. The number of esters is 2. The maximum absolute atomic E-state index is 13.2. The van der Waals surface area contributed by atoms with E-state index in [1.165, 1.54) is 49.7 Å². The van der Waals surface area contributed by atoms with Gasteiger partial charge in [-0.2, -0.15) is 0 Å². The van der Waals surface area contributed by atoms with E-state index in [1.54, 1.807) is 0 Å². The summed E-state index contributed by atoms with van der Waals surface area (Å²) in [5, 5.41) is 6.78. The van der Waals surface area contributed by atoms with Crippen molar-refractivity contribution in [2.75, 3.05) is 26.3 Å². The molecular formula is C40H60N2O6. The molecule has 2 aromatic rings. The van der Waals surface area contributed by atoms with Crippen molar-refractivity contribution >= 4 is 11.9 Å². The lowest BCUT2D eigenvalue weighted by Gasteiger charge is -2.28. The molecule has 266 valence electrons. The van der Waals surface area contributed by atoms with Gasteiger partial charge in [0.25, 0.3) is 0 Å². The van der Waals surface area contributed by atoms with Gasteiger partial charge in [0.15, 0.2) is 0 Å². The molecular weight excluding hydrogens is 604 g/mol. The monoisotopic (exact) mass is 664 g/mol. The van der Waals surface area contributed by atoms with Crippen molar-refractivity contribution in [2.45, 2.75) is 141 Å². The molecule has 2 unspecified atom stereocenters. The standard InChI is InChI=1S/C40H60N2O6/c1-39(2,3)41-25-31(27-45-35-23-15-13-21-33(35)29-17-9-7-10-18-29)47-37(43)38(44)48-32(26-42-40(4,5)6)28-46-36-24-16-14-22-34(36)30-19-11-8-12-20-30/h13-16,21-24,29-32,41-42H,7-12,17-20,25-28H2,1-6H3. The number of hydrogen-bond acceptors (Lipinski definition) is 8. The Morgan fingerprint density at radius 2 is 0.958 bits per heavy atom. The molecule has 0 amide bonds. The van der Waals surface area contributed by atoms with Crippen LogP contribution in [0.4, 0.5) is 0 Å². The Labute approximate surface area is 289 Å². The Bertz CT molecular complexity index is 1190. The molecule has 2 N–H and O–H groups in total. The van der Waals surface area contributed by atoms with E-state index >= 15 is 0 Å². The first-order valence-electron chi connectivity index (χ1n) is 18.2. The van der Waals surface area contributed by atoms with Gasteiger partial charge in [-0.15, -0.1) is 0 Å². The average molecular weight is 665 g/mol. The van der Waals surface area contributed by atoms with E-state index in [9.17, 15) is 9.59 Å². The highest BCUT2D eigenvalue weighted by Crippen LogP contribution is 2.38. The number of carbonyl (C=O) groups excluding carboxylic acids is 2. The molecule has 2 saturated carbocycles. The first kappa shape index (κ1) is 37.7. The van der Waals surface area contributed by atoms with Crippen molar-refractivity contribution in [3.05, 3.63) is 59.7 Å². The van der Waals surface area contributed by atoms with Crippen LogP contribution in [0.5, 0.6) is 11.5 Å². The lowest BCUT2D eigenvalue weighted by molar-refractivity contribution is -0.175. The fraction of sp³-hybridized carbons (Fsp3) is 0.650. The maximum atomic E-state index is 13.2. The Kier molecular flexibility index (Phi) is 14.2. The van der Waals surface area contributed by atoms with Crippen molar-refractivity contribution in [3.8, 4) is 11.5 Å². The third-order valence-corrected chi connectivity index (χ3v) is 9.21. The van der Waals surface area contributed by atoms with Crippen LogP contribution in [0.1, 0.15) is 129 Å². The molecule has 0 saturated heterocycles. The van der Waals surface area contributed by atoms with Crippen molar-refractivity contribution in [1.82, 2.24) is 10.6 Å².